The summed E-state index contributed by atoms with van der Waals surface area (Å²) in [5.41, 5.74) is 0.451. The molecule has 8 heteroatoms. The second-order valence-corrected chi connectivity index (χ2v) is 6.34. The molecule has 25 heavy (non-hydrogen) atoms. The Morgan fingerprint density at radius 2 is 2.08 bits per heavy atom. The summed E-state index contributed by atoms with van der Waals surface area (Å²) in [5, 5.41) is 12.3. The van der Waals surface area contributed by atoms with Crippen LogP contribution in [0, 0.1) is 5.92 Å². The van der Waals surface area contributed by atoms with Crippen molar-refractivity contribution < 1.29 is 27.8 Å². The maximum atomic E-state index is 12.2. The molecule has 0 bridgehead atoms. The number of hydrogen-bond donors (Lipinski definition) is 2. The highest BCUT2D eigenvalue weighted by Gasteiger charge is 2.29. The largest absolute Gasteiger partial charge is 0.468 e. The Kier molecular flexibility index (Phi) is 7.04. The average molecular weight is 360 g/mol. The minimum absolute atomic E-state index is 0.166. The van der Waals surface area contributed by atoms with Crippen LogP contribution in [0.5, 0.6) is 5.88 Å². The number of pyridine rings is 1. The predicted molar refractivity (Wildman–Crippen MR) is 84.9 cm³/mol. The molecule has 1 aliphatic rings. The van der Waals surface area contributed by atoms with Crippen molar-refractivity contribution in [2.45, 2.75) is 50.7 Å². The highest BCUT2D eigenvalue weighted by atomic mass is 19.4. The van der Waals surface area contributed by atoms with E-state index in [2.05, 4.69) is 15.0 Å². The number of aliphatic hydroxyl groups excluding tert-OH is 1. The molecule has 1 saturated carbocycles. The van der Waals surface area contributed by atoms with Gasteiger partial charge in [-0.15, -0.1) is 0 Å². The number of hydrogen-bond acceptors (Lipinski definition) is 4. The molecule has 1 fully saturated rings. The number of amides is 1. The van der Waals surface area contributed by atoms with E-state index < -0.39 is 18.8 Å². The monoisotopic (exact) mass is 360 g/mol. The molecule has 1 heterocycles. The van der Waals surface area contributed by atoms with E-state index in [1.165, 1.54) is 24.8 Å². The van der Waals surface area contributed by atoms with E-state index in [0.29, 0.717) is 17.9 Å². The molecule has 1 aliphatic carbocycles. The van der Waals surface area contributed by atoms with E-state index in [1.54, 1.807) is 0 Å². The van der Waals surface area contributed by atoms with Gasteiger partial charge in [0.1, 0.15) is 0 Å². The van der Waals surface area contributed by atoms with E-state index in [-0.39, 0.29) is 18.4 Å². The van der Waals surface area contributed by atoms with E-state index >= 15 is 0 Å². The molecule has 2 N–H and O–H groups in total. The van der Waals surface area contributed by atoms with Gasteiger partial charge >= 0.3 is 6.18 Å². The summed E-state index contributed by atoms with van der Waals surface area (Å²) in [5.74, 6) is -0.00783. The van der Waals surface area contributed by atoms with Crippen LogP contribution in [-0.4, -0.2) is 35.4 Å². The Balaban J connectivity index is 1.93. The second-order valence-electron chi connectivity index (χ2n) is 6.34. The van der Waals surface area contributed by atoms with Crippen molar-refractivity contribution in [2.75, 3.05) is 13.2 Å². The van der Waals surface area contributed by atoms with Crippen molar-refractivity contribution in [3.8, 4) is 5.88 Å². The molecule has 0 aliphatic heterocycles. The van der Waals surface area contributed by atoms with Crippen LogP contribution in [0.15, 0.2) is 18.3 Å². The number of ether oxygens (including phenoxy) is 1. The van der Waals surface area contributed by atoms with Crippen LogP contribution in [0.25, 0.3) is 0 Å². The second kappa shape index (κ2) is 9.03. The highest BCUT2D eigenvalue weighted by Crippen LogP contribution is 2.27. The zero-order chi connectivity index (χ0) is 18.3. The van der Waals surface area contributed by atoms with E-state index in [4.69, 9.17) is 0 Å². The lowest BCUT2D eigenvalue weighted by Crippen LogP contribution is -2.32. The molecular weight excluding hydrogens is 337 g/mol. The number of carbonyl (C=O) groups excluding carboxylic acids is 1. The van der Waals surface area contributed by atoms with Crippen molar-refractivity contribution in [1.82, 2.24) is 10.3 Å². The fourth-order valence-electron chi connectivity index (χ4n) is 3.02. The van der Waals surface area contributed by atoms with Gasteiger partial charge in [0.05, 0.1) is 12.6 Å². The van der Waals surface area contributed by atoms with Crippen LogP contribution in [0.3, 0.4) is 0 Å². The minimum Gasteiger partial charge on any atom is -0.468 e. The summed E-state index contributed by atoms with van der Waals surface area (Å²) in [6.07, 6.45) is 2.76. The van der Waals surface area contributed by atoms with Gasteiger partial charge in [-0.1, -0.05) is 19.3 Å². The quantitative estimate of drug-likeness (QED) is 0.784. The van der Waals surface area contributed by atoms with Gasteiger partial charge in [-0.3, -0.25) is 4.79 Å². The van der Waals surface area contributed by atoms with Crippen LogP contribution in [0.1, 0.15) is 50.1 Å². The SMILES string of the molecule is O=C(CC1CCCCC1)NC(CO)c1ccnc(OCC(F)(F)F)c1. The molecule has 5 nitrogen and oxygen atoms in total. The van der Waals surface area contributed by atoms with Gasteiger partial charge in [0.2, 0.25) is 11.8 Å². The summed E-state index contributed by atoms with van der Waals surface area (Å²) in [7, 11) is 0. The highest BCUT2D eigenvalue weighted by molar-refractivity contribution is 5.76. The molecule has 1 unspecified atom stereocenters. The summed E-state index contributed by atoms with van der Waals surface area (Å²) in [4.78, 5) is 15.9. The molecule has 0 radical (unpaired) electrons. The lowest BCUT2D eigenvalue weighted by molar-refractivity contribution is -0.154. The maximum Gasteiger partial charge on any atom is 0.422 e. The standard InChI is InChI=1S/C17H23F3N2O3/c18-17(19,20)11-25-16-9-13(6-7-21-16)14(10-23)22-15(24)8-12-4-2-1-3-5-12/h6-7,9,12,14,23H,1-5,8,10-11H2,(H,22,24). The molecule has 1 aromatic heterocycles. The van der Waals surface area contributed by atoms with Gasteiger partial charge in [0.15, 0.2) is 6.61 Å². The first kappa shape index (κ1) is 19.5. The molecule has 0 aromatic carbocycles. The van der Waals surface area contributed by atoms with Crippen LogP contribution in [0.2, 0.25) is 0 Å². The molecule has 1 aromatic rings. The molecule has 140 valence electrons. The third-order valence-electron chi connectivity index (χ3n) is 4.26. The van der Waals surface area contributed by atoms with Gasteiger partial charge in [-0.05, 0) is 30.4 Å². The van der Waals surface area contributed by atoms with Crippen molar-refractivity contribution in [2.24, 2.45) is 5.92 Å². The predicted octanol–water partition coefficient (Wildman–Crippen LogP) is 3.14. The van der Waals surface area contributed by atoms with E-state index in [1.807, 2.05) is 0 Å². The van der Waals surface area contributed by atoms with Crippen molar-refractivity contribution in [3.63, 3.8) is 0 Å². The summed E-state index contributed by atoms with van der Waals surface area (Å²) in [6.45, 7) is -1.81. The molecular formula is C17H23F3N2O3. The molecule has 2 rings (SSSR count). The number of rotatable bonds is 7. The number of carbonyl (C=O) groups is 1. The molecule has 1 amide bonds. The first-order chi connectivity index (χ1) is 11.9. The first-order valence-electron chi connectivity index (χ1n) is 8.43. The minimum atomic E-state index is -4.46. The van der Waals surface area contributed by atoms with E-state index in [9.17, 15) is 23.1 Å². The Hall–Kier alpha value is -1.83. The van der Waals surface area contributed by atoms with E-state index in [0.717, 1.165) is 25.7 Å². The van der Waals surface area contributed by atoms with Gasteiger partial charge in [0, 0.05) is 18.7 Å². The van der Waals surface area contributed by atoms with Crippen LogP contribution < -0.4 is 10.1 Å². The van der Waals surface area contributed by atoms with Crippen LogP contribution in [0.4, 0.5) is 13.2 Å². The number of nitrogens with one attached hydrogen (secondary N) is 1. The van der Waals surface area contributed by atoms with Crippen LogP contribution >= 0.6 is 0 Å². The Bertz CT molecular complexity index is 560. The molecule has 0 saturated heterocycles. The third kappa shape index (κ3) is 6.89. The first-order valence-corrected chi connectivity index (χ1v) is 8.43. The van der Waals surface area contributed by atoms with Gasteiger partial charge in [-0.2, -0.15) is 13.2 Å². The topological polar surface area (TPSA) is 71.5 Å². The number of nitrogens with zero attached hydrogens (tertiary/aromatic N) is 1. The van der Waals surface area contributed by atoms with Crippen molar-refractivity contribution in [1.29, 1.82) is 0 Å². The van der Waals surface area contributed by atoms with Crippen molar-refractivity contribution >= 4 is 5.91 Å². The number of halogens is 3. The van der Waals surface area contributed by atoms with Gasteiger partial charge in [-0.25, -0.2) is 4.98 Å². The fraction of sp³-hybridized carbons (Fsp3) is 0.647. The lowest BCUT2D eigenvalue weighted by Gasteiger charge is -2.23. The van der Waals surface area contributed by atoms with Gasteiger partial charge < -0.3 is 15.2 Å². The summed E-state index contributed by atoms with van der Waals surface area (Å²) < 4.78 is 41.2. The maximum absolute atomic E-state index is 12.2. The Morgan fingerprint density at radius 1 is 1.36 bits per heavy atom. The zero-order valence-electron chi connectivity index (χ0n) is 13.9. The number of aromatic nitrogens is 1. The molecule has 0 spiro atoms. The Labute approximate surface area is 144 Å². The Morgan fingerprint density at radius 3 is 2.72 bits per heavy atom. The smallest absolute Gasteiger partial charge is 0.422 e. The average Bonchev–Trinajstić information content (AvgIpc) is 2.58. The van der Waals surface area contributed by atoms with Crippen LogP contribution in [-0.2, 0) is 4.79 Å². The summed E-state index contributed by atoms with van der Waals surface area (Å²) in [6, 6.07) is 2.13. The fourth-order valence-corrected chi connectivity index (χ4v) is 3.02. The van der Waals surface area contributed by atoms with Gasteiger partial charge in [0.25, 0.3) is 0 Å². The normalized spacial score (nSPS) is 17.1. The summed E-state index contributed by atoms with van der Waals surface area (Å²) >= 11 is 0. The molecule has 1 atom stereocenters. The third-order valence-corrected chi connectivity index (χ3v) is 4.26. The lowest BCUT2D eigenvalue weighted by atomic mass is 9.87. The van der Waals surface area contributed by atoms with Crippen molar-refractivity contribution in [3.05, 3.63) is 23.9 Å². The number of alkyl halides is 3. The number of aliphatic hydroxyl groups is 1. The zero-order valence-corrected chi connectivity index (χ0v) is 13.9.